The van der Waals surface area contributed by atoms with E-state index in [0.29, 0.717) is 12.4 Å². The first-order chi connectivity index (χ1) is 9.17. The van der Waals surface area contributed by atoms with E-state index in [2.05, 4.69) is 0 Å². The quantitative estimate of drug-likeness (QED) is 0.890. The Morgan fingerprint density at radius 1 is 1.21 bits per heavy atom. The summed E-state index contributed by atoms with van der Waals surface area (Å²) in [4.78, 5) is 10.7. The van der Waals surface area contributed by atoms with Gasteiger partial charge in [0.05, 0.1) is 6.42 Å². The second-order valence-corrected chi connectivity index (χ2v) is 5.49. The normalized spacial score (nSPS) is 20.2. The van der Waals surface area contributed by atoms with Crippen LogP contribution in [-0.4, -0.2) is 23.3 Å². The maximum Gasteiger partial charge on any atom is 0.307 e. The Bertz CT molecular complexity index is 489. The Balaban J connectivity index is 1.80. The molecule has 3 rings (SSSR count). The van der Waals surface area contributed by atoms with Crippen molar-refractivity contribution in [1.82, 2.24) is 0 Å². The van der Waals surface area contributed by atoms with E-state index in [4.69, 9.17) is 14.6 Å². The molecule has 1 N–H and O–H groups in total. The van der Waals surface area contributed by atoms with Crippen LogP contribution in [0.1, 0.15) is 37.7 Å². The van der Waals surface area contributed by atoms with E-state index in [1.165, 1.54) is 19.3 Å². The van der Waals surface area contributed by atoms with Gasteiger partial charge in [0.15, 0.2) is 11.5 Å². The van der Waals surface area contributed by atoms with Crippen LogP contribution in [0.3, 0.4) is 0 Å². The van der Waals surface area contributed by atoms with Gasteiger partial charge in [-0.1, -0.05) is 12.5 Å². The highest BCUT2D eigenvalue weighted by atomic mass is 16.6. The number of rotatable bonds is 2. The van der Waals surface area contributed by atoms with Crippen molar-refractivity contribution >= 4 is 5.97 Å². The minimum absolute atomic E-state index is 0.0157. The van der Waals surface area contributed by atoms with Gasteiger partial charge in [0.25, 0.3) is 0 Å². The van der Waals surface area contributed by atoms with Crippen molar-refractivity contribution in [3.63, 3.8) is 0 Å². The topological polar surface area (TPSA) is 55.8 Å². The monoisotopic (exact) mass is 262 g/mol. The van der Waals surface area contributed by atoms with Gasteiger partial charge in [-0.15, -0.1) is 0 Å². The highest BCUT2D eigenvalue weighted by Gasteiger charge is 2.38. The van der Waals surface area contributed by atoms with E-state index in [0.717, 1.165) is 24.2 Å². The molecule has 1 saturated carbocycles. The third-order valence-electron chi connectivity index (χ3n) is 3.95. The Kier molecular flexibility index (Phi) is 3.09. The van der Waals surface area contributed by atoms with Crippen molar-refractivity contribution in [2.75, 3.05) is 6.61 Å². The first kappa shape index (κ1) is 12.3. The zero-order valence-electron chi connectivity index (χ0n) is 10.9. The van der Waals surface area contributed by atoms with Gasteiger partial charge in [-0.3, -0.25) is 4.79 Å². The molecule has 0 radical (unpaired) electrons. The van der Waals surface area contributed by atoms with Crippen molar-refractivity contribution in [1.29, 1.82) is 0 Å². The van der Waals surface area contributed by atoms with Gasteiger partial charge in [-0.05, 0) is 43.4 Å². The molecule has 1 aliphatic heterocycles. The fourth-order valence-electron chi connectivity index (χ4n) is 2.95. The molecule has 1 aromatic rings. The predicted octanol–water partition coefficient (Wildman–Crippen LogP) is 2.79. The molecule has 0 saturated heterocycles. The molecule has 1 spiro atoms. The fourth-order valence-corrected chi connectivity index (χ4v) is 2.95. The van der Waals surface area contributed by atoms with Crippen molar-refractivity contribution in [2.24, 2.45) is 0 Å². The lowest BCUT2D eigenvalue weighted by atomic mass is 9.84. The largest absolute Gasteiger partial charge is 0.486 e. The molecule has 1 heterocycles. The minimum atomic E-state index is -0.833. The number of carbonyl (C=O) groups is 1. The Hall–Kier alpha value is -1.71. The number of carboxylic acids is 1. The molecule has 0 unspecified atom stereocenters. The van der Waals surface area contributed by atoms with Crippen LogP contribution in [-0.2, 0) is 11.2 Å². The smallest absolute Gasteiger partial charge is 0.307 e. The van der Waals surface area contributed by atoms with E-state index >= 15 is 0 Å². The first-order valence-corrected chi connectivity index (χ1v) is 6.83. The number of hydrogen-bond acceptors (Lipinski definition) is 3. The summed E-state index contributed by atoms with van der Waals surface area (Å²) in [5.41, 5.74) is 0.592. The van der Waals surface area contributed by atoms with E-state index in [9.17, 15) is 4.79 Å². The van der Waals surface area contributed by atoms with Gasteiger partial charge in [0.1, 0.15) is 12.2 Å². The number of fused-ring (bicyclic) bond motifs is 1. The van der Waals surface area contributed by atoms with Crippen LogP contribution < -0.4 is 9.47 Å². The van der Waals surface area contributed by atoms with Crippen molar-refractivity contribution in [3.8, 4) is 11.5 Å². The van der Waals surface area contributed by atoms with Crippen LogP contribution in [0.25, 0.3) is 0 Å². The summed E-state index contributed by atoms with van der Waals surface area (Å²) >= 11 is 0. The maximum atomic E-state index is 10.7. The maximum absolute atomic E-state index is 10.7. The SMILES string of the molecule is O=C(O)Cc1ccc2c(c1)OCC1(CCCCC1)O2. The molecule has 0 bridgehead atoms. The molecule has 102 valence electrons. The average Bonchev–Trinajstić information content (AvgIpc) is 2.39. The summed E-state index contributed by atoms with van der Waals surface area (Å²) < 4.78 is 12.0. The van der Waals surface area contributed by atoms with E-state index in [1.54, 1.807) is 12.1 Å². The second-order valence-electron chi connectivity index (χ2n) is 5.49. The molecule has 19 heavy (non-hydrogen) atoms. The van der Waals surface area contributed by atoms with Gasteiger partial charge >= 0.3 is 5.97 Å². The molecule has 2 aliphatic rings. The summed E-state index contributed by atoms with van der Waals surface area (Å²) in [5.74, 6) is 0.595. The van der Waals surface area contributed by atoms with Crippen LogP contribution >= 0.6 is 0 Å². The molecule has 0 atom stereocenters. The van der Waals surface area contributed by atoms with Gasteiger partial charge in [0, 0.05) is 0 Å². The van der Waals surface area contributed by atoms with Gasteiger partial charge in [-0.25, -0.2) is 0 Å². The third kappa shape index (κ3) is 2.53. The fraction of sp³-hybridized carbons (Fsp3) is 0.533. The lowest BCUT2D eigenvalue weighted by Gasteiger charge is -2.41. The van der Waals surface area contributed by atoms with Crippen LogP contribution in [0.4, 0.5) is 0 Å². The minimum Gasteiger partial charge on any atom is -0.486 e. The van der Waals surface area contributed by atoms with Gasteiger partial charge in [0.2, 0.25) is 0 Å². The number of hydrogen-bond donors (Lipinski definition) is 1. The highest BCUT2D eigenvalue weighted by Crippen LogP contribution is 2.41. The van der Waals surface area contributed by atoms with Crippen molar-refractivity contribution in [2.45, 2.75) is 44.1 Å². The number of aliphatic carboxylic acids is 1. The van der Waals surface area contributed by atoms with Crippen LogP contribution in [0.5, 0.6) is 11.5 Å². The summed E-state index contributed by atoms with van der Waals surface area (Å²) in [5, 5.41) is 8.80. The second kappa shape index (κ2) is 4.76. The summed E-state index contributed by atoms with van der Waals surface area (Å²) in [7, 11) is 0. The molecule has 1 aliphatic carbocycles. The molecular formula is C15H18O4. The molecule has 1 aromatic carbocycles. The summed E-state index contributed by atoms with van der Waals surface area (Å²) in [6.07, 6.45) is 5.76. The standard InChI is InChI=1S/C15H18O4/c16-14(17)9-11-4-5-12-13(8-11)18-10-15(19-12)6-2-1-3-7-15/h4-5,8H,1-3,6-7,9-10H2,(H,16,17). The lowest BCUT2D eigenvalue weighted by molar-refractivity contribution is -0.136. The molecule has 1 fully saturated rings. The van der Waals surface area contributed by atoms with E-state index < -0.39 is 5.97 Å². The molecule has 4 heteroatoms. The predicted molar refractivity (Wildman–Crippen MR) is 69.7 cm³/mol. The Labute approximate surface area is 112 Å². The first-order valence-electron chi connectivity index (χ1n) is 6.83. The zero-order valence-corrected chi connectivity index (χ0v) is 10.9. The molecule has 0 amide bonds. The van der Waals surface area contributed by atoms with E-state index in [1.807, 2.05) is 6.07 Å². The highest BCUT2D eigenvalue weighted by molar-refractivity contribution is 5.70. The summed E-state index contributed by atoms with van der Waals surface area (Å²) in [6.45, 7) is 0.580. The Morgan fingerprint density at radius 2 is 2.00 bits per heavy atom. The van der Waals surface area contributed by atoms with Crippen molar-refractivity contribution < 1.29 is 19.4 Å². The van der Waals surface area contributed by atoms with Gasteiger partial charge in [-0.2, -0.15) is 0 Å². The molecular weight excluding hydrogens is 244 g/mol. The Morgan fingerprint density at radius 3 is 2.74 bits per heavy atom. The number of ether oxygens (including phenoxy) is 2. The third-order valence-corrected chi connectivity index (χ3v) is 3.95. The van der Waals surface area contributed by atoms with E-state index in [-0.39, 0.29) is 12.0 Å². The van der Waals surface area contributed by atoms with Crippen LogP contribution in [0.15, 0.2) is 18.2 Å². The van der Waals surface area contributed by atoms with Crippen molar-refractivity contribution in [3.05, 3.63) is 23.8 Å². The average molecular weight is 262 g/mol. The number of carboxylic acid groups (broad SMARTS) is 1. The number of benzene rings is 1. The molecule has 4 nitrogen and oxygen atoms in total. The lowest BCUT2D eigenvalue weighted by Crippen LogP contribution is -2.46. The van der Waals surface area contributed by atoms with Crippen LogP contribution in [0.2, 0.25) is 0 Å². The van der Waals surface area contributed by atoms with Crippen LogP contribution in [0, 0.1) is 0 Å². The van der Waals surface area contributed by atoms with Gasteiger partial charge < -0.3 is 14.6 Å². The summed E-state index contributed by atoms with van der Waals surface area (Å²) in [6, 6.07) is 5.42. The molecule has 0 aromatic heterocycles. The zero-order chi connectivity index (χ0) is 13.3.